The Labute approximate surface area is 243 Å². The normalized spacial score (nSPS) is 34.3. The summed E-state index contributed by atoms with van der Waals surface area (Å²) >= 11 is 6.38. The Morgan fingerprint density at radius 1 is 1.15 bits per heavy atom. The Kier molecular flexibility index (Phi) is 8.69. The molecule has 1 aromatic carbocycles. The predicted molar refractivity (Wildman–Crippen MR) is 159 cm³/mol. The first-order valence-corrected chi connectivity index (χ1v) is 16.5. The molecule has 0 radical (unpaired) electrons. The number of aliphatic hydroxyl groups is 1. The summed E-state index contributed by atoms with van der Waals surface area (Å²) in [5.41, 5.74) is 1.83. The van der Waals surface area contributed by atoms with Crippen LogP contribution in [0.25, 0.3) is 0 Å². The zero-order valence-electron chi connectivity index (χ0n) is 23.4. The number of hydrogen-bond acceptors (Lipinski definition) is 6. The van der Waals surface area contributed by atoms with E-state index in [4.69, 9.17) is 16.3 Å². The quantitative estimate of drug-likeness (QED) is 0.385. The van der Waals surface area contributed by atoms with Crippen LogP contribution < -0.4 is 14.4 Å². The summed E-state index contributed by atoms with van der Waals surface area (Å²) in [6.45, 7) is 6.08. The van der Waals surface area contributed by atoms with E-state index in [0.717, 1.165) is 61.5 Å². The lowest BCUT2D eigenvalue weighted by Crippen LogP contribution is -2.43. The third-order valence-electron chi connectivity index (χ3n) is 9.18. The maximum Gasteiger partial charge on any atom is 0.264 e. The van der Waals surface area contributed by atoms with Crippen LogP contribution in [0.3, 0.4) is 0 Å². The molecule has 0 aromatic heterocycles. The van der Waals surface area contributed by atoms with Crippen LogP contribution >= 0.6 is 11.6 Å². The molecule has 2 aliphatic heterocycles. The van der Waals surface area contributed by atoms with Crippen LogP contribution in [0.5, 0.6) is 5.75 Å². The fourth-order valence-electron chi connectivity index (χ4n) is 6.48. The number of aliphatic hydroxyl groups excluding tert-OH is 1. The van der Waals surface area contributed by atoms with Gasteiger partial charge in [-0.3, -0.25) is 4.79 Å². The van der Waals surface area contributed by atoms with Gasteiger partial charge in [-0.2, -0.15) is 0 Å². The number of allylic oxidation sites excluding steroid dienone is 4. The molecule has 5 rings (SSSR count). The number of nitrogens with zero attached hydrogens (tertiary/aromatic N) is 1. The van der Waals surface area contributed by atoms with Crippen molar-refractivity contribution in [1.29, 1.82) is 0 Å². The SMILES string of the molecule is C/C1=C\[C@H](O)[C@@H]2CC[C@H]2CN2CCCCC3C=C(Cl)C=CC3(C)COc3ccc(cc32)C(=O)NS(=O)(=O)CCC1. The number of anilines is 1. The Balaban J connectivity index is 1.52. The van der Waals surface area contributed by atoms with Gasteiger partial charge < -0.3 is 14.7 Å². The van der Waals surface area contributed by atoms with Gasteiger partial charge in [-0.25, -0.2) is 13.1 Å². The van der Waals surface area contributed by atoms with E-state index in [9.17, 15) is 18.3 Å². The fourth-order valence-corrected chi connectivity index (χ4v) is 7.72. The summed E-state index contributed by atoms with van der Waals surface area (Å²) in [5, 5.41) is 11.8. The van der Waals surface area contributed by atoms with Crippen LogP contribution in [0.15, 0.2) is 53.1 Å². The number of carbonyl (C=O) groups is 1. The molecule has 2 heterocycles. The molecule has 40 heavy (non-hydrogen) atoms. The highest BCUT2D eigenvalue weighted by atomic mass is 35.5. The number of rotatable bonds is 0. The van der Waals surface area contributed by atoms with Gasteiger partial charge in [-0.1, -0.05) is 48.7 Å². The van der Waals surface area contributed by atoms with Crippen molar-refractivity contribution >= 4 is 33.2 Å². The molecule has 1 fully saturated rings. The van der Waals surface area contributed by atoms with Crippen LogP contribution in [0.1, 0.15) is 69.2 Å². The van der Waals surface area contributed by atoms with E-state index < -0.39 is 22.0 Å². The second-order valence-corrected chi connectivity index (χ2v) is 14.5. The van der Waals surface area contributed by atoms with Crippen LogP contribution in [0.2, 0.25) is 0 Å². The summed E-state index contributed by atoms with van der Waals surface area (Å²) in [5.74, 6) is 0.607. The average Bonchev–Trinajstić information content (AvgIpc) is 2.89. The molecule has 2 aliphatic carbocycles. The van der Waals surface area contributed by atoms with E-state index in [1.807, 2.05) is 19.1 Å². The van der Waals surface area contributed by atoms with Crippen molar-refractivity contribution in [3.05, 3.63) is 58.7 Å². The lowest BCUT2D eigenvalue weighted by molar-refractivity contribution is 0.0457. The van der Waals surface area contributed by atoms with Gasteiger partial charge in [0, 0.05) is 29.1 Å². The first-order chi connectivity index (χ1) is 19.0. The molecule has 2 N–H and O–H groups in total. The van der Waals surface area contributed by atoms with Crippen molar-refractivity contribution in [1.82, 2.24) is 4.72 Å². The van der Waals surface area contributed by atoms with Gasteiger partial charge in [0.15, 0.2) is 0 Å². The molecule has 7 nitrogen and oxygen atoms in total. The van der Waals surface area contributed by atoms with Gasteiger partial charge in [0.25, 0.3) is 5.91 Å². The standard InChI is InChI=1S/C31H41ClN2O5S/c1-21-6-5-15-40(37,38)33-30(36)22-9-11-29-27(17-22)34(19-23-8-10-26(23)28(35)16-21)14-4-3-7-24-18-25(32)12-13-31(24,2)20-39-29/h9,11-13,16-18,23-24,26,28,35H,3-8,10,14-15,19-20H2,1-2H3,(H,33,36)/b21-16+/t23-,24?,26+,28-,31?/m0/s1. The molecule has 9 heteroatoms. The van der Waals surface area contributed by atoms with Crippen LogP contribution in [-0.4, -0.2) is 51.0 Å². The number of nitrogens with one attached hydrogen (secondary N) is 1. The summed E-state index contributed by atoms with van der Waals surface area (Å²) < 4.78 is 34.2. The second kappa shape index (κ2) is 11.9. The lowest BCUT2D eigenvalue weighted by Gasteiger charge is -2.43. The maximum atomic E-state index is 13.1. The van der Waals surface area contributed by atoms with Gasteiger partial charge in [0.2, 0.25) is 10.0 Å². The van der Waals surface area contributed by atoms with Crippen molar-refractivity contribution in [2.24, 2.45) is 23.2 Å². The van der Waals surface area contributed by atoms with Crippen LogP contribution in [0.4, 0.5) is 5.69 Å². The molecule has 1 aromatic rings. The molecule has 4 aliphatic rings. The number of fused-ring (bicyclic) bond motifs is 3. The van der Waals surface area contributed by atoms with E-state index in [1.54, 1.807) is 18.2 Å². The van der Waals surface area contributed by atoms with Gasteiger partial charge in [-0.15, -0.1) is 0 Å². The van der Waals surface area contributed by atoms with Gasteiger partial charge in [0.1, 0.15) is 5.75 Å². The van der Waals surface area contributed by atoms with E-state index in [1.165, 1.54) is 0 Å². The minimum absolute atomic E-state index is 0.153. The number of carbonyl (C=O) groups excluding carboxylic acids is 1. The third kappa shape index (κ3) is 6.60. The molecule has 5 atom stereocenters. The number of ether oxygens (including phenoxy) is 1. The van der Waals surface area contributed by atoms with Gasteiger partial charge in [-0.05, 0) is 87.5 Å². The number of hydrogen-bond donors (Lipinski definition) is 2. The largest absolute Gasteiger partial charge is 0.490 e. The minimum atomic E-state index is -3.80. The van der Waals surface area contributed by atoms with Crippen molar-refractivity contribution < 1.29 is 23.1 Å². The highest BCUT2D eigenvalue weighted by Gasteiger charge is 2.38. The molecule has 1 amide bonds. The molecule has 218 valence electrons. The highest BCUT2D eigenvalue weighted by Crippen LogP contribution is 2.43. The molecule has 2 unspecified atom stereocenters. The predicted octanol–water partition coefficient (Wildman–Crippen LogP) is 5.56. The minimum Gasteiger partial charge on any atom is -0.490 e. The van der Waals surface area contributed by atoms with Crippen molar-refractivity contribution in [2.45, 2.75) is 64.9 Å². The summed E-state index contributed by atoms with van der Waals surface area (Å²) in [7, 11) is -3.80. The Morgan fingerprint density at radius 3 is 2.75 bits per heavy atom. The maximum absolute atomic E-state index is 13.1. The van der Waals surface area contributed by atoms with Crippen LogP contribution in [0, 0.1) is 23.2 Å². The van der Waals surface area contributed by atoms with E-state index in [0.29, 0.717) is 31.1 Å². The summed E-state index contributed by atoms with van der Waals surface area (Å²) in [6.07, 6.45) is 13.4. The molecule has 2 bridgehead atoms. The molecular weight excluding hydrogens is 548 g/mol. The zero-order chi connectivity index (χ0) is 28.5. The lowest BCUT2D eigenvalue weighted by atomic mass is 9.70. The van der Waals surface area contributed by atoms with E-state index >= 15 is 0 Å². The average molecular weight is 589 g/mol. The number of amides is 1. The zero-order valence-corrected chi connectivity index (χ0v) is 25.0. The van der Waals surface area contributed by atoms with Crippen molar-refractivity contribution in [2.75, 3.05) is 30.3 Å². The number of sulfonamides is 1. The molecule has 1 saturated carbocycles. The molecule has 0 saturated heterocycles. The van der Waals surface area contributed by atoms with E-state index in [2.05, 4.69) is 28.7 Å². The Bertz CT molecular complexity index is 1320. The van der Waals surface area contributed by atoms with Crippen molar-refractivity contribution in [3.63, 3.8) is 0 Å². The summed E-state index contributed by atoms with van der Waals surface area (Å²) in [6, 6.07) is 5.20. The first-order valence-electron chi connectivity index (χ1n) is 14.5. The number of halogens is 1. The molecule has 0 spiro atoms. The third-order valence-corrected chi connectivity index (χ3v) is 10.8. The Morgan fingerprint density at radius 2 is 1.98 bits per heavy atom. The second-order valence-electron chi connectivity index (χ2n) is 12.3. The monoisotopic (exact) mass is 588 g/mol. The number of benzene rings is 1. The van der Waals surface area contributed by atoms with E-state index in [-0.39, 0.29) is 28.6 Å². The highest BCUT2D eigenvalue weighted by molar-refractivity contribution is 7.90. The smallest absolute Gasteiger partial charge is 0.264 e. The first kappa shape index (κ1) is 29.2. The topological polar surface area (TPSA) is 95.9 Å². The summed E-state index contributed by atoms with van der Waals surface area (Å²) in [4.78, 5) is 15.4. The van der Waals surface area contributed by atoms with Crippen molar-refractivity contribution in [3.8, 4) is 5.75 Å². The Hall–Kier alpha value is -2.29. The fraction of sp³-hybridized carbons (Fsp3) is 0.581. The van der Waals surface area contributed by atoms with Crippen LogP contribution in [-0.2, 0) is 10.0 Å². The van der Waals surface area contributed by atoms with Gasteiger partial charge >= 0.3 is 0 Å². The van der Waals surface area contributed by atoms with Gasteiger partial charge in [0.05, 0.1) is 24.2 Å². The molecular formula is C31H41ClN2O5S.